The van der Waals surface area contributed by atoms with Gasteiger partial charge in [0.2, 0.25) is 0 Å². The smallest absolute Gasteiger partial charge is 0.0844 e. The first-order valence-electron chi connectivity index (χ1n) is 5.80. The van der Waals surface area contributed by atoms with Crippen molar-refractivity contribution in [3.05, 3.63) is 25.7 Å². The molecule has 16 heavy (non-hydrogen) atoms. The van der Waals surface area contributed by atoms with E-state index in [1.54, 1.807) is 7.11 Å². The summed E-state index contributed by atoms with van der Waals surface area (Å²) in [5.74, 6) is 0. The number of hydrogen-bond acceptors (Lipinski definition) is 3. The van der Waals surface area contributed by atoms with E-state index in [2.05, 4.69) is 22.6 Å². The molecule has 0 unspecified atom stereocenters. The van der Waals surface area contributed by atoms with Gasteiger partial charge in [-0.2, -0.15) is 0 Å². The lowest BCUT2D eigenvalue weighted by atomic mass is 10.0. The van der Waals surface area contributed by atoms with Crippen LogP contribution in [-0.2, 0) is 14.2 Å². The average molecular weight is 228 g/mol. The molecule has 2 rings (SSSR count). The minimum atomic E-state index is 0.671. The number of hydrogen-bond donors (Lipinski definition) is 0. The molecule has 2 saturated heterocycles. The summed E-state index contributed by atoms with van der Waals surface area (Å²) in [4.78, 5) is 0. The fraction of sp³-hybridized carbons (Fsp3) is 0.692. The van der Waals surface area contributed by atoms with Crippen molar-refractivity contribution in [2.45, 2.75) is 44.8 Å². The maximum absolute atomic E-state index is 5.47. The van der Waals surface area contributed by atoms with E-state index in [0.29, 0.717) is 12.2 Å². The molecule has 0 aromatic heterocycles. The van der Waals surface area contributed by atoms with Gasteiger partial charge in [0.1, 0.15) is 0 Å². The molecule has 0 aromatic carbocycles. The molecule has 0 aliphatic carbocycles. The zero-order valence-corrected chi connectivity index (χ0v) is 10.5. The Morgan fingerprint density at radius 1 is 1.12 bits per heavy atom. The lowest BCUT2D eigenvalue weighted by molar-refractivity contribution is 0.105. The second kappa shape index (κ2) is 10.6. The molecule has 2 aliphatic heterocycles. The molecule has 0 saturated carbocycles. The van der Waals surface area contributed by atoms with Gasteiger partial charge in [0.15, 0.2) is 0 Å². The monoisotopic (exact) mass is 228 g/mol. The summed E-state index contributed by atoms with van der Waals surface area (Å²) in [7, 11) is 1.56. The molecule has 0 amide bonds. The minimum absolute atomic E-state index is 0.671. The van der Waals surface area contributed by atoms with Crippen LogP contribution >= 0.6 is 0 Å². The first kappa shape index (κ1) is 15.0. The number of methoxy groups -OCH3 is 1. The second-order valence-electron chi connectivity index (χ2n) is 3.56. The summed E-state index contributed by atoms with van der Waals surface area (Å²) >= 11 is 0. The predicted molar refractivity (Wildman–Crippen MR) is 66.2 cm³/mol. The number of rotatable bonds is 3. The quantitative estimate of drug-likeness (QED) is 0.694. The van der Waals surface area contributed by atoms with Crippen LogP contribution in [0.1, 0.15) is 32.6 Å². The molecule has 2 heterocycles. The molecule has 0 spiro atoms. The summed E-state index contributed by atoms with van der Waals surface area (Å²) in [5.41, 5.74) is 0. The zero-order valence-electron chi connectivity index (χ0n) is 10.5. The number of ether oxygens (including phenoxy) is 3. The molecule has 0 atom stereocenters. The van der Waals surface area contributed by atoms with Gasteiger partial charge in [0.05, 0.1) is 38.4 Å². The van der Waals surface area contributed by atoms with Crippen LogP contribution in [0.5, 0.6) is 0 Å². The topological polar surface area (TPSA) is 27.7 Å². The fourth-order valence-electron chi connectivity index (χ4n) is 1.69. The van der Waals surface area contributed by atoms with Crippen LogP contribution in [0.2, 0.25) is 0 Å². The summed E-state index contributed by atoms with van der Waals surface area (Å²) in [6.07, 6.45) is 9.50. The second-order valence-corrected chi connectivity index (χ2v) is 3.56. The van der Waals surface area contributed by atoms with E-state index in [9.17, 15) is 0 Å². The molecular weight excluding hydrogens is 204 g/mol. The van der Waals surface area contributed by atoms with Gasteiger partial charge in [-0.3, -0.25) is 0 Å². The van der Waals surface area contributed by atoms with E-state index in [0.717, 1.165) is 6.61 Å². The predicted octanol–water partition coefficient (Wildman–Crippen LogP) is 3.27. The minimum Gasteiger partial charge on any atom is -0.505 e. The van der Waals surface area contributed by atoms with E-state index in [1.807, 2.05) is 6.92 Å². The van der Waals surface area contributed by atoms with Gasteiger partial charge in [-0.1, -0.05) is 13.2 Å². The fourth-order valence-corrected chi connectivity index (χ4v) is 1.69. The van der Waals surface area contributed by atoms with Crippen molar-refractivity contribution in [2.75, 3.05) is 13.7 Å². The third kappa shape index (κ3) is 7.35. The molecule has 2 aliphatic rings. The lowest BCUT2D eigenvalue weighted by Gasteiger charge is -2.00. The Labute approximate surface area is 99.1 Å². The van der Waals surface area contributed by atoms with Crippen molar-refractivity contribution in [3.8, 4) is 0 Å². The highest BCUT2D eigenvalue weighted by Crippen LogP contribution is 2.33. The van der Waals surface area contributed by atoms with Crippen LogP contribution in [0.15, 0.2) is 25.7 Å². The summed E-state index contributed by atoms with van der Waals surface area (Å²) in [5, 5.41) is 0. The van der Waals surface area contributed by atoms with E-state index in [-0.39, 0.29) is 0 Å². The Hall–Kier alpha value is -0.960. The summed E-state index contributed by atoms with van der Waals surface area (Å²) in [6.45, 7) is 9.23. The van der Waals surface area contributed by atoms with Crippen LogP contribution < -0.4 is 0 Å². The standard InChI is InChI=1S/C6H10O.C4H8O.C3H6O/c1-2-6-4-3-5(1)7-6;1-3-5-4-2;1-3-4-2/h5-6H,1-4H2;3H,1,4H2,2H3;3H,1H2,2H3. The van der Waals surface area contributed by atoms with Crippen molar-refractivity contribution in [2.24, 2.45) is 0 Å². The van der Waals surface area contributed by atoms with Gasteiger partial charge in [-0.15, -0.1) is 0 Å². The maximum Gasteiger partial charge on any atom is 0.0844 e. The third-order valence-electron chi connectivity index (χ3n) is 2.46. The van der Waals surface area contributed by atoms with Crippen LogP contribution in [0, 0.1) is 0 Å². The molecule has 2 bridgehead atoms. The first-order valence-corrected chi connectivity index (χ1v) is 5.80. The molecule has 3 heteroatoms. The van der Waals surface area contributed by atoms with Gasteiger partial charge in [0, 0.05) is 0 Å². The van der Waals surface area contributed by atoms with Crippen molar-refractivity contribution >= 4 is 0 Å². The van der Waals surface area contributed by atoms with E-state index in [1.165, 1.54) is 38.2 Å². The average Bonchev–Trinajstić information content (AvgIpc) is 2.95. The summed E-state index contributed by atoms with van der Waals surface area (Å²) < 4.78 is 14.4. The molecule has 2 fully saturated rings. The molecule has 0 radical (unpaired) electrons. The SMILES string of the molecule is C1CC2CCC1O2.C=COC.C=COCC. The number of fused-ring (bicyclic) bond motifs is 2. The van der Waals surface area contributed by atoms with E-state index < -0.39 is 0 Å². The Morgan fingerprint density at radius 3 is 1.62 bits per heavy atom. The van der Waals surface area contributed by atoms with Crippen LogP contribution in [0.3, 0.4) is 0 Å². The van der Waals surface area contributed by atoms with Gasteiger partial charge >= 0.3 is 0 Å². The Balaban J connectivity index is 0.000000225. The van der Waals surface area contributed by atoms with E-state index in [4.69, 9.17) is 4.74 Å². The van der Waals surface area contributed by atoms with Crippen molar-refractivity contribution in [3.63, 3.8) is 0 Å². The van der Waals surface area contributed by atoms with Crippen LogP contribution in [0.4, 0.5) is 0 Å². The molecule has 3 nitrogen and oxygen atoms in total. The first-order chi connectivity index (χ1) is 7.78. The van der Waals surface area contributed by atoms with Gasteiger partial charge in [-0.25, -0.2) is 0 Å². The molecule has 0 N–H and O–H groups in total. The highest BCUT2D eigenvalue weighted by atomic mass is 16.5. The third-order valence-corrected chi connectivity index (χ3v) is 2.46. The summed E-state index contributed by atoms with van der Waals surface area (Å²) in [6, 6.07) is 0. The van der Waals surface area contributed by atoms with Crippen molar-refractivity contribution in [1.82, 2.24) is 0 Å². The lowest BCUT2D eigenvalue weighted by Crippen LogP contribution is -1.98. The van der Waals surface area contributed by atoms with Gasteiger partial charge in [0.25, 0.3) is 0 Å². The van der Waals surface area contributed by atoms with Crippen LogP contribution in [-0.4, -0.2) is 25.9 Å². The highest BCUT2D eigenvalue weighted by Gasteiger charge is 2.31. The molecule has 94 valence electrons. The Kier molecular flexibility index (Phi) is 9.92. The van der Waals surface area contributed by atoms with Gasteiger partial charge < -0.3 is 14.2 Å². The van der Waals surface area contributed by atoms with Crippen molar-refractivity contribution < 1.29 is 14.2 Å². The molecule has 0 aromatic rings. The Bertz CT molecular complexity index is 162. The largest absolute Gasteiger partial charge is 0.505 e. The maximum atomic E-state index is 5.47. The van der Waals surface area contributed by atoms with Crippen LogP contribution in [0.25, 0.3) is 0 Å². The Morgan fingerprint density at radius 2 is 1.56 bits per heavy atom. The normalized spacial score (nSPS) is 24.4. The molecular formula is C13H24O3. The zero-order chi connectivity index (χ0) is 12.2. The van der Waals surface area contributed by atoms with E-state index >= 15 is 0 Å². The van der Waals surface area contributed by atoms with Crippen molar-refractivity contribution in [1.29, 1.82) is 0 Å². The highest BCUT2D eigenvalue weighted by molar-refractivity contribution is 4.81. The van der Waals surface area contributed by atoms with Gasteiger partial charge in [-0.05, 0) is 32.6 Å².